The maximum absolute atomic E-state index is 10.5. The fourth-order valence-corrected chi connectivity index (χ4v) is 1.20. The summed E-state index contributed by atoms with van der Waals surface area (Å²) in [7, 11) is 0. The lowest BCUT2D eigenvalue weighted by molar-refractivity contribution is -0.137. The van der Waals surface area contributed by atoms with Gasteiger partial charge in [0, 0.05) is 0 Å². The van der Waals surface area contributed by atoms with Crippen molar-refractivity contribution in [1.82, 2.24) is 20.2 Å². The summed E-state index contributed by atoms with van der Waals surface area (Å²) >= 11 is 5.57. The fraction of sp³-hybridized carbons (Fsp3) is 0.143. The molecule has 8 heteroatoms. The van der Waals surface area contributed by atoms with Crippen LogP contribution in [0.1, 0.15) is 0 Å². The number of rotatable bonds is 3. The van der Waals surface area contributed by atoms with Gasteiger partial charge >= 0.3 is 5.97 Å². The molecule has 0 fully saturated rings. The molecule has 0 saturated carbocycles. The van der Waals surface area contributed by atoms with E-state index in [0.29, 0.717) is 5.76 Å². The molecular weight excluding hydrogens is 224 g/mol. The first-order chi connectivity index (χ1) is 7.16. The van der Waals surface area contributed by atoms with E-state index in [1.165, 1.54) is 6.07 Å². The van der Waals surface area contributed by atoms with Gasteiger partial charge in [0.2, 0.25) is 5.82 Å². The average Bonchev–Trinajstić information content (AvgIpc) is 2.72. The second kappa shape index (κ2) is 3.70. The van der Waals surface area contributed by atoms with E-state index in [1.807, 2.05) is 0 Å². The van der Waals surface area contributed by atoms with Crippen LogP contribution in [0.15, 0.2) is 16.5 Å². The van der Waals surface area contributed by atoms with Gasteiger partial charge in [0.25, 0.3) is 0 Å². The van der Waals surface area contributed by atoms with Crippen LogP contribution in [0.3, 0.4) is 0 Å². The summed E-state index contributed by atoms with van der Waals surface area (Å²) in [5.41, 5.74) is 0. The van der Waals surface area contributed by atoms with Crippen LogP contribution in [0.4, 0.5) is 0 Å². The molecule has 2 aromatic rings. The molecule has 0 aromatic carbocycles. The van der Waals surface area contributed by atoms with Gasteiger partial charge in [0.1, 0.15) is 6.54 Å². The third-order valence-corrected chi connectivity index (χ3v) is 1.81. The Labute approximate surface area is 88.3 Å². The zero-order valence-corrected chi connectivity index (χ0v) is 8.05. The maximum atomic E-state index is 10.5. The molecule has 0 saturated heterocycles. The first-order valence-corrected chi connectivity index (χ1v) is 4.28. The number of tetrazole rings is 1. The van der Waals surface area contributed by atoms with Crippen LogP contribution in [0.25, 0.3) is 11.6 Å². The van der Waals surface area contributed by atoms with Crippen molar-refractivity contribution in [2.45, 2.75) is 6.54 Å². The number of hydrogen-bond acceptors (Lipinski definition) is 5. The summed E-state index contributed by atoms with van der Waals surface area (Å²) in [5.74, 6) is -0.489. The van der Waals surface area contributed by atoms with E-state index in [4.69, 9.17) is 21.1 Å². The van der Waals surface area contributed by atoms with Crippen LogP contribution in [-0.4, -0.2) is 31.3 Å². The second-order valence-corrected chi connectivity index (χ2v) is 3.03. The van der Waals surface area contributed by atoms with Gasteiger partial charge < -0.3 is 9.52 Å². The van der Waals surface area contributed by atoms with Gasteiger partial charge in [-0.05, 0) is 34.2 Å². The standard InChI is InChI=1S/C7H5ClN4O3/c8-5-2-1-4(15-5)7-9-10-11-12(7)3-6(13)14/h1-2H,3H2,(H,13,14). The third-order valence-electron chi connectivity index (χ3n) is 1.61. The van der Waals surface area contributed by atoms with Gasteiger partial charge in [-0.15, -0.1) is 5.10 Å². The molecular formula is C7H5ClN4O3. The molecule has 7 nitrogen and oxygen atoms in total. The topological polar surface area (TPSA) is 94.0 Å². The summed E-state index contributed by atoms with van der Waals surface area (Å²) in [6.45, 7) is -0.333. The van der Waals surface area contributed by atoms with Gasteiger partial charge in [-0.2, -0.15) is 0 Å². The lowest BCUT2D eigenvalue weighted by atomic mass is 10.4. The number of aliphatic carboxylic acids is 1. The molecule has 0 bridgehead atoms. The zero-order chi connectivity index (χ0) is 10.8. The Hall–Kier alpha value is -1.89. The van der Waals surface area contributed by atoms with E-state index in [-0.39, 0.29) is 17.6 Å². The SMILES string of the molecule is O=C(O)Cn1nnnc1-c1ccc(Cl)o1. The summed E-state index contributed by atoms with van der Waals surface area (Å²) in [6.07, 6.45) is 0. The molecule has 0 radical (unpaired) electrons. The Morgan fingerprint density at radius 2 is 2.40 bits per heavy atom. The molecule has 0 spiro atoms. The number of hydrogen-bond donors (Lipinski definition) is 1. The van der Waals surface area contributed by atoms with Crippen molar-refractivity contribution in [3.8, 4) is 11.6 Å². The summed E-state index contributed by atoms with van der Waals surface area (Å²) < 4.78 is 6.17. The van der Waals surface area contributed by atoms with E-state index < -0.39 is 5.97 Å². The van der Waals surface area contributed by atoms with Crippen LogP contribution >= 0.6 is 11.6 Å². The van der Waals surface area contributed by atoms with Gasteiger partial charge in [0.05, 0.1) is 0 Å². The van der Waals surface area contributed by atoms with Crippen LogP contribution in [0.2, 0.25) is 5.22 Å². The number of nitrogens with zero attached hydrogens (tertiary/aromatic N) is 4. The molecule has 0 unspecified atom stereocenters. The van der Waals surface area contributed by atoms with Gasteiger partial charge in [0.15, 0.2) is 11.0 Å². The second-order valence-electron chi connectivity index (χ2n) is 2.66. The molecule has 2 aromatic heterocycles. The first-order valence-electron chi connectivity index (χ1n) is 3.90. The highest BCUT2D eigenvalue weighted by Crippen LogP contribution is 2.21. The van der Waals surface area contributed by atoms with E-state index in [2.05, 4.69) is 15.5 Å². The predicted molar refractivity (Wildman–Crippen MR) is 48.2 cm³/mol. The number of aromatic nitrogens is 4. The van der Waals surface area contributed by atoms with Crippen molar-refractivity contribution in [2.24, 2.45) is 0 Å². The van der Waals surface area contributed by atoms with E-state index in [1.54, 1.807) is 6.07 Å². The summed E-state index contributed by atoms with van der Waals surface area (Å²) in [4.78, 5) is 10.5. The average molecular weight is 229 g/mol. The quantitative estimate of drug-likeness (QED) is 0.830. The van der Waals surface area contributed by atoms with Crippen molar-refractivity contribution in [2.75, 3.05) is 0 Å². The highest BCUT2D eigenvalue weighted by Gasteiger charge is 2.14. The van der Waals surface area contributed by atoms with Crippen molar-refractivity contribution in [3.05, 3.63) is 17.4 Å². The molecule has 0 atom stereocenters. The van der Waals surface area contributed by atoms with Gasteiger partial charge in [-0.25, -0.2) is 4.68 Å². The molecule has 15 heavy (non-hydrogen) atoms. The van der Waals surface area contributed by atoms with E-state index in [0.717, 1.165) is 4.68 Å². The van der Waals surface area contributed by atoms with E-state index >= 15 is 0 Å². The summed E-state index contributed by atoms with van der Waals surface area (Å²) in [5, 5.41) is 19.3. The number of furan rings is 1. The molecule has 2 rings (SSSR count). The van der Waals surface area contributed by atoms with Gasteiger partial charge in [-0.3, -0.25) is 4.79 Å². The van der Waals surface area contributed by atoms with Crippen LogP contribution in [0, 0.1) is 0 Å². The lowest BCUT2D eigenvalue weighted by Gasteiger charge is -1.97. The number of carboxylic acids is 1. The molecule has 1 N–H and O–H groups in total. The molecule has 0 amide bonds. The Morgan fingerprint density at radius 1 is 1.60 bits per heavy atom. The van der Waals surface area contributed by atoms with Crippen molar-refractivity contribution in [1.29, 1.82) is 0 Å². The molecule has 0 aliphatic carbocycles. The lowest BCUT2D eigenvalue weighted by Crippen LogP contribution is -2.11. The van der Waals surface area contributed by atoms with Crippen molar-refractivity contribution < 1.29 is 14.3 Å². The Kier molecular flexibility index (Phi) is 2.38. The van der Waals surface area contributed by atoms with Crippen LogP contribution in [0.5, 0.6) is 0 Å². The first kappa shape index (κ1) is 9.66. The minimum atomic E-state index is -1.04. The normalized spacial score (nSPS) is 10.5. The zero-order valence-electron chi connectivity index (χ0n) is 7.29. The van der Waals surface area contributed by atoms with Gasteiger partial charge in [-0.1, -0.05) is 0 Å². The van der Waals surface area contributed by atoms with Crippen LogP contribution in [-0.2, 0) is 11.3 Å². The number of carboxylic acid groups (broad SMARTS) is 1. The molecule has 2 heterocycles. The monoisotopic (exact) mass is 228 g/mol. The minimum absolute atomic E-state index is 0.190. The van der Waals surface area contributed by atoms with Crippen molar-refractivity contribution in [3.63, 3.8) is 0 Å². The largest absolute Gasteiger partial charge is 0.480 e. The maximum Gasteiger partial charge on any atom is 0.325 e. The van der Waals surface area contributed by atoms with Crippen LogP contribution < -0.4 is 0 Å². The fourth-order valence-electron chi connectivity index (χ4n) is 1.05. The number of halogens is 1. The van der Waals surface area contributed by atoms with E-state index in [9.17, 15) is 4.79 Å². The Morgan fingerprint density at radius 3 is 3.00 bits per heavy atom. The molecule has 0 aliphatic rings. The Bertz CT molecular complexity index is 492. The van der Waals surface area contributed by atoms with Crippen molar-refractivity contribution >= 4 is 17.6 Å². The number of carbonyl (C=O) groups is 1. The Balaban J connectivity index is 2.36. The highest BCUT2D eigenvalue weighted by molar-refractivity contribution is 6.28. The minimum Gasteiger partial charge on any atom is -0.480 e. The summed E-state index contributed by atoms with van der Waals surface area (Å²) in [6, 6.07) is 3.09. The third kappa shape index (κ3) is 1.96. The predicted octanol–water partition coefficient (Wildman–Crippen LogP) is 0.671. The molecule has 78 valence electrons. The smallest absolute Gasteiger partial charge is 0.325 e. The molecule has 0 aliphatic heterocycles. The highest BCUT2D eigenvalue weighted by atomic mass is 35.5.